The van der Waals surface area contributed by atoms with E-state index in [0.29, 0.717) is 0 Å². The molecule has 1 N–H and O–H groups in total. The summed E-state index contributed by atoms with van der Waals surface area (Å²) in [6.45, 7) is 3.18. The summed E-state index contributed by atoms with van der Waals surface area (Å²) in [4.78, 5) is 0. The molecule has 0 fully saturated rings. The van der Waals surface area contributed by atoms with Crippen LogP contribution in [0.3, 0.4) is 0 Å². The van der Waals surface area contributed by atoms with Crippen molar-refractivity contribution in [3.8, 4) is 11.8 Å². The van der Waals surface area contributed by atoms with Crippen molar-refractivity contribution in [2.24, 2.45) is 0 Å². The molecule has 0 saturated carbocycles. The molecule has 0 radical (unpaired) electrons. The molecule has 0 atom stereocenters. The Bertz CT molecular complexity index is 340. The van der Waals surface area contributed by atoms with Gasteiger partial charge in [0.2, 0.25) is 0 Å². The Hall–Kier alpha value is -1.26. The summed E-state index contributed by atoms with van der Waals surface area (Å²) in [5, 5.41) is 3.08. The Morgan fingerprint density at radius 3 is 2.56 bits per heavy atom. The van der Waals surface area contributed by atoms with E-state index in [0.717, 1.165) is 18.5 Å². The van der Waals surface area contributed by atoms with Crippen molar-refractivity contribution in [2.75, 3.05) is 13.6 Å². The van der Waals surface area contributed by atoms with Gasteiger partial charge >= 0.3 is 0 Å². The van der Waals surface area contributed by atoms with Crippen molar-refractivity contribution >= 4 is 0 Å². The second kappa shape index (κ2) is 7.96. The van der Waals surface area contributed by atoms with Gasteiger partial charge in [-0.25, -0.2) is 0 Å². The Labute approximate surface area is 99.3 Å². The Morgan fingerprint density at radius 1 is 1.19 bits per heavy atom. The second-order valence-corrected chi connectivity index (χ2v) is 3.96. The highest BCUT2D eigenvalue weighted by Gasteiger charge is 1.91. The first-order valence-corrected chi connectivity index (χ1v) is 6.09. The van der Waals surface area contributed by atoms with Gasteiger partial charge in [-0.2, -0.15) is 0 Å². The van der Waals surface area contributed by atoms with Crippen LogP contribution in [-0.2, 0) is 6.42 Å². The fraction of sp³-hybridized carbons (Fsp3) is 0.467. The first kappa shape index (κ1) is 12.8. The maximum Gasteiger partial charge on any atom is 0.0245 e. The molecular weight excluding hydrogens is 194 g/mol. The lowest BCUT2D eigenvalue weighted by molar-refractivity contribution is 0.795. The number of benzene rings is 1. The molecule has 0 heterocycles. The minimum atomic E-state index is 0.911. The van der Waals surface area contributed by atoms with Crippen LogP contribution in [0.15, 0.2) is 24.3 Å². The van der Waals surface area contributed by atoms with E-state index in [2.05, 4.69) is 48.3 Å². The van der Waals surface area contributed by atoms with Crippen LogP contribution in [0.25, 0.3) is 0 Å². The van der Waals surface area contributed by atoms with Gasteiger partial charge in [-0.15, -0.1) is 0 Å². The molecule has 0 aliphatic heterocycles. The van der Waals surface area contributed by atoms with Crippen molar-refractivity contribution in [3.63, 3.8) is 0 Å². The van der Waals surface area contributed by atoms with Gasteiger partial charge in [0, 0.05) is 18.5 Å². The highest BCUT2D eigenvalue weighted by molar-refractivity contribution is 5.36. The first-order valence-electron chi connectivity index (χ1n) is 6.09. The number of unbranched alkanes of at least 4 members (excludes halogenated alkanes) is 1. The van der Waals surface area contributed by atoms with Crippen molar-refractivity contribution < 1.29 is 0 Å². The van der Waals surface area contributed by atoms with Crippen molar-refractivity contribution in [1.82, 2.24) is 5.32 Å². The number of aryl methyl sites for hydroxylation is 1. The zero-order valence-corrected chi connectivity index (χ0v) is 10.3. The van der Waals surface area contributed by atoms with E-state index >= 15 is 0 Å². The van der Waals surface area contributed by atoms with Gasteiger partial charge in [0.1, 0.15) is 0 Å². The van der Waals surface area contributed by atoms with Gasteiger partial charge in [-0.3, -0.25) is 0 Å². The molecule has 1 rings (SSSR count). The van der Waals surface area contributed by atoms with Gasteiger partial charge < -0.3 is 5.32 Å². The quantitative estimate of drug-likeness (QED) is 0.588. The minimum Gasteiger partial charge on any atom is -0.319 e. The van der Waals surface area contributed by atoms with E-state index in [1.165, 1.54) is 24.8 Å². The Balaban J connectivity index is 2.46. The summed E-state index contributed by atoms with van der Waals surface area (Å²) < 4.78 is 0. The Morgan fingerprint density at radius 2 is 1.94 bits per heavy atom. The van der Waals surface area contributed by atoms with E-state index in [-0.39, 0.29) is 0 Å². The van der Waals surface area contributed by atoms with Gasteiger partial charge in [-0.05, 0) is 37.6 Å². The SMILES string of the molecule is CCCCc1ccc(C#CCCNC)cc1. The van der Waals surface area contributed by atoms with Crippen LogP contribution in [0, 0.1) is 11.8 Å². The molecule has 0 amide bonds. The van der Waals surface area contributed by atoms with Crippen LogP contribution >= 0.6 is 0 Å². The third-order valence-corrected chi connectivity index (χ3v) is 2.51. The highest BCUT2D eigenvalue weighted by atomic mass is 14.8. The fourth-order valence-electron chi connectivity index (χ4n) is 1.49. The predicted octanol–water partition coefficient (Wildman–Crippen LogP) is 2.99. The summed E-state index contributed by atoms with van der Waals surface area (Å²) in [6, 6.07) is 8.63. The summed E-state index contributed by atoms with van der Waals surface area (Å²) in [5.74, 6) is 6.33. The average molecular weight is 215 g/mol. The minimum absolute atomic E-state index is 0.911. The number of nitrogens with one attached hydrogen (secondary N) is 1. The lowest BCUT2D eigenvalue weighted by Crippen LogP contribution is -2.05. The van der Waals surface area contributed by atoms with Crippen LogP contribution in [-0.4, -0.2) is 13.6 Å². The maximum absolute atomic E-state index is 3.17. The lowest BCUT2D eigenvalue weighted by Gasteiger charge is -1.99. The highest BCUT2D eigenvalue weighted by Crippen LogP contribution is 2.06. The molecule has 16 heavy (non-hydrogen) atoms. The molecule has 1 heteroatoms. The van der Waals surface area contributed by atoms with Crippen LogP contribution in [0.1, 0.15) is 37.3 Å². The molecule has 0 aliphatic carbocycles. The molecule has 1 aromatic carbocycles. The molecule has 1 aromatic rings. The molecular formula is C15H21N. The zero-order valence-electron chi connectivity index (χ0n) is 10.3. The van der Waals surface area contributed by atoms with Crippen molar-refractivity contribution in [2.45, 2.75) is 32.6 Å². The van der Waals surface area contributed by atoms with Gasteiger partial charge in [0.05, 0.1) is 0 Å². The Kier molecular flexibility index (Phi) is 6.37. The number of rotatable bonds is 5. The third kappa shape index (κ3) is 5.00. The molecule has 0 unspecified atom stereocenters. The first-order chi connectivity index (χ1) is 7.86. The van der Waals surface area contributed by atoms with Gasteiger partial charge in [0.15, 0.2) is 0 Å². The smallest absolute Gasteiger partial charge is 0.0245 e. The summed E-state index contributed by atoms with van der Waals surface area (Å²) in [6.07, 6.45) is 4.62. The van der Waals surface area contributed by atoms with Crippen LogP contribution in [0.2, 0.25) is 0 Å². The van der Waals surface area contributed by atoms with Crippen LogP contribution < -0.4 is 5.32 Å². The molecule has 0 aliphatic rings. The molecule has 86 valence electrons. The van der Waals surface area contributed by atoms with Crippen LogP contribution in [0.4, 0.5) is 0 Å². The molecule has 0 spiro atoms. The summed E-state index contributed by atoms with van der Waals surface area (Å²) in [5.41, 5.74) is 2.54. The van der Waals surface area contributed by atoms with Crippen molar-refractivity contribution in [1.29, 1.82) is 0 Å². The van der Waals surface area contributed by atoms with E-state index in [9.17, 15) is 0 Å². The normalized spacial score (nSPS) is 9.62. The van der Waals surface area contributed by atoms with E-state index in [1.54, 1.807) is 0 Å². The van der Waals surface area contributed by atoms with E-state index in [1.807, 2.05) is 7.05 Å². The number of hydrogen-bond donors (Lipinski definition) is 1. The lowest BCUT2D eigenvalue weighted by atomic mass is 10.1. The number of hydrogen-bond acceptors (Lipinski definition) is 1. The monoisotopic (exact) mass is 215 g/mol. The van der Waals surface area contributed by atoms with Gasteiger partial charge in [-0.1, -0.05) is 37.3 Å². The van der Waals surface area contributed by atoms with Gasteiger partial charge in [0.25, 0.3) is 0 Å². The standard InChI is InChI=1S/C15H21N/c1-3-4-7-14-9-11-15(12-10-14)8-5-6-13-16-2/h9-12,16H,3-4,6-7,13H2,1-2H3. The largest absolute Gasteiger partial charge is 0.319 e. The fourth-order valence-corrected chi connectivity index (χ4v) is 1.49. The third-order valence-electron chi connectivity index (χ3n) is 2.51. The molecule has 1 nitrogen and oxygen atoms in total. The van der Waals surface area contributed by atoms with Crippen molar-refractivity contribution in [3.05, 3.63) is 35.4 Å². The molecule has 0 bridgehead atoms. The van der Waals surface area contributed by atoms with E-state index < -0.39 is 0 Å². The summed E-state index contributed by atoms with van der Waals surface area (Å²) >= 11 is 0. The van der Waals surface area contributed by atoms with Crippen LogP contribution in [0.5, 0.6) is 0 Å². The second-order valence-electron chi connectivity index (χ2n) is 3.96. The van der Waals surface area contributed by atoms with E-state index in [4.69, 9.17) is 0 Å². The topological polar surface area (TPSA) is 12.0 Å². The predicted molar refractivity (Wildman–Crippen MR) is 70.5 cm³/mol. The maximum atomic E-state index is 3.17. The molecule has 0 aromatic heterocycles. The summed E-state index contributed by atoms with van der Waals surface area (Å²) in [7, 11) is 1.95. The molecule has 0 saturated heterocycles. The average Bonchev–Trinajstić information content (AvgIpc) is 2.33. The zero-order chi connectivity index (χ0) is 11.6.